The highest BCUT2D eigenvalue weighted by molar-refractivity contribution is 5.85. The number of halogens is 1. The number of para-hydroxylation sites is 1. The van der Waals surface area contributed by atoms with Gasteiger partial charge in [0.25, 0.3) is 0 Å². The van der Waals surface area contributed by atoms with Gasteiger partial charge in [0.15, 0.2) is 0 Å². The summed E-state index contributed by atoms with van der Waals surface area (Å²) in [7, 11) is 0. The molecular formula is C14H21ClN2. The summed E-state index contributed by atoms with van der Waals surface area (Å²) in [4.78, 5) is 3.40. The largest absolute Gasteiger partial charge is 0.358 e. The van der Waals surface area contributed by atoms with Gasteiger partial charge in [-0.25, -0.2) is 0 Å². The van der Waals surface area contributed by atoms with Crippen LogP contribution in [-0.2, 0) is 0 Å². The van der Waals surface area contributed by atoms with E-state index >= 15 is 0 Å². The van der Waals surface area contributed by atoms with E-state index in [1.165, 1.54) is 22.2 Å². The van der Waals surface area contributed by atoms with Crippen molar-refractivity contribution >= 4 is 23.3 Å². The van der Waals surface area contributed by atoms with Crippen LogP contribution in [0.5, 0.6) is 0 Å². The van der Waals surface area contributed by atoms with Crippen LogP contribution < -0.4 is 5.73 Å². The second-order valence-electron chi connectivity index (χ2n) is 5.55. The van der Waals surface area contributed by atoms with Gasteiger partial charge in [-0.15, -0.1) is 12.4 Å². The Balaban J connectivity index is 0.00000144. The van der Waals surface area contributed by atoms with Crippen molar-refractivity contribution in [1.29, 1.82) is 0 Å². The maximum atomic E-state index is 6.36. The van der Waals surface area contributed by atoms with Gasteiger partial charge in [0, 0.05) is 22.6 Å². The smallest absolute Gasteiger partial charge is 0.0459 e. The molecule has 94 valence electrons. The van der Waals surface area contributed by atoms with Crippen LogP contribution in [0.25, 0.3) is 10.9 Å². The molecule has 0 spiro atoms. The van der Waals surface area contributed by atoms with E-state index in [1.807, 2.05) is 6.07 Å². The van der Waals surface area contributed by atoms with Crippen LogP contribution in [0.1, 0.15) is 38.1 Å². The Morgan fingerprint density at radius 1 is 1.18 bits per heavy atom. The fraction of sp³-hybridized carbons (Fsp3) is 0.429. The number of fused-ring (bicyclic) bond motifs is 1. The fourth-order valence-electron chi connectivity index (χ4n) is 2.13. The lowest BCUT2D eigenvalue weighted by molar-refractivity contribution is 0.327. The summed E-state index contributed by atoms with van der Waals surface area (Å²) in [6.07, 6.45) is 0. The van der Waals surface area contributed by atoms with Gasteiger partial charge in [-0.1, -0.05) is 39.0 Å². The molecule has 2 nitrogen and oxygen atoms in total. The summed E-state index contributed by atoms with van der Waals surface area (Å²) in [6.45, 7) is 8.64. The maximum absolute atomic E-state index is 6.36. The zero-order chi connectivity index (χ0) is 11.9. The Kier molecular flexibility index (Phi) is 3.90. The molecule has 1 aromatic carbocycles. The molecule has 2 aromatic rings. The zero-order valence-electron chi connectivity index (χ0n) is 10.9. The summed E-state index contributed by atoms with van der Waals surface area (Å²) in [5, 5.41) is 1.25. The number of nitrogens with one attached hydrogen (secondary N) is 1. The van der Waals surface area contributed by atoms with Crippen molar-refractivity contribution in [1.82, 2.24) is 4.98 Å². The molecule has 0 radical (unpaired) electrons. The Morgan fingerprint density at radius 2 is 1.76 bits per heavy atom. The first-order valence-corrected chi connectivity index (χ1v) is 5.74. The quantitative estimate of drug-likeness (QED) is 0.793. The molecule has 3 N–H and O–H groups in total. The van der Waals surface area contributed by atoms with Crippen molar-refractivity contribution in [2.24, 2.45) is 11.1 Å². The minimum absolute atomic E-state index is 0. The summed E-state index contributed by atoms with van der Waals surface area (Å²) in [5.74, 6) is 0. The molecule has 2 rings (SSSR count). The second-order valence-corrected chi connectivity index (χ2v) is 5.55. The highest BCUT2D eigenvalue weighted by atomic mass is 35.5. The highest BCUT2D eigenvalue weighted by Crippen LogP contribution is 2.36. The lowest BCUT2D eigenvalue weighted by atomic mass is 9.82. The molecule has 0 saturated heterocycles. The Morgan fingerprint density at radius 3 is 2.35 bits per heavy atom. The number of rotatable bonds is 1. The number of H-pyrrole nitrogens is 1. The van der Waals surface area contributed by atoms with Gasteiger partial charge in [-0.05, 0) is 24.0 Å². The van der Waals surface area contributed by atoms with Crippen molar-refractivity contribution in [3.8, 4) is 0 Å². The molecule has 0 saturated carbocycles. The van der Waals surface area contributed by atoms with E-state index in [0.717, 1.165) is 0 Å². The molecule has 1 atom stereocenters. The number of hydrogen-bond acceptors (Lipinski definition) is 1. The van der Waals surface area contributed by atoms with Gasteiger partial charge < -0.3 is 10.7 Å². The van der Waals surface area contributed by atoms with Crippen molar-refractivity contribution in [2.75, 3.05) is 0 Å². The van der Waals surface area contributed by atoms with Crippen LogP contribution in [0.3, 0.4) is 0 Å². The van der Waals surface area contributed by atoms with Crippen molar-refractivity contribution in [2.45, 2.75) is 33.7 Å². The fourth-order valence-corrected chi connectivity index (χ4v) is 2.13. The molecule has 0 aliphatic heterocycles. The minimum Gasteiger partial charge on any atom is -0.358 e. The lowest BCUT2D eigenvalue weighted by Gasteiger charge is -2.27. The van der Waals surface area contributed by atoms with Crippen LogP contribution in [0.4, 0.5) is 0 Å². The molecular weight excluding hydrogens is 232 g/mol. The summed E-state index contributed by atoms with van der Waals surface area (Å²) < 4.78 is 0. The van der Waals surface area contributed by atoms with Crippen LogP contribution in [0, 0.1) is 12.3 Å². The molecule has 17 heavy (non-hydrogen) atoms. The second kappa shape index (κ2) is 4.71. The third-order valence-corrected chi connectivity index (χ3v) is 3.19. The van der Waals surface area contributed by atoms with Crippen molar-refractivity contribution < 1.29 is 0 Å². The summed E-state index contributed by atoms with van der Waals surface area (Å²) in [5.41, 5.74) is 10.1. The van der Waals surface area contributed by atoms with Gasteiger partial charge in [0.05, 0.1) is 0 Å². The number of aromatic nitrogens is 1. The van der Waals surface area contributed by atoms with Crippen LogP contribution in [0.15, 0.2) is 24.3 Å². The van der Waals surface area contributed by atoms with Crippen LogP contribution in [-0.4, -0.2) is 4.98 Å². The predicted octanol–water partition coefficient (Wildman–Crippen LogP) is 3.94. The predicted molar refractivity (Wildman–Crippen MR) is 76.7 cm³/mol. The minimum atomic E-state index is 0. The van der Waals surface area contributed by atoms with E-state index in [1.54, 1.807) is 0 Å². The Bertz CT molecular complexity index is 508. The average Bonchev–Trinajstić information content (AvgIpc) is 2.51. The zero-order valence-corrected chi connectivity index (χ0v) is 11.7. The van der Waals surface area contributed by atoms with Crippen LogP contribution in [0.2, 0.25) is 0 Å². The van der Waals surface area contributed by atoms with Crippen molar-refractivity contribution in [3.63, 3.8) is 0 Å². The first kappa shape index (κ1) is 14.1. The number of benzene rings is 1. The first-order valence-electron chi connectivity index (χ1n) is 5.74. The van der Waals surface area contributed by atoms with Crippen molar-refractivity contribution in [3.05, 3.63) is 35.5 Å². The molecule has 1 aromatic heterocycles. The number of aromatic amines is 1. The SMILES string of the molecule is Cc1[nH]c2ccccc2c1[C@@H](N)C(C)(C)C.Cl. The third kappa shape index (κ3) is 2.48. The third-order valence-electron chi connectivity index (χ3n) is 3.19. The summed E-state index contributed by atoms with van der Waals surface area (Å²) in [6, 6.07) is 8.41. The van der Waals surface area contributed by atoms with Crippen LogP contribution >= 0.6 is 12.4 Å². The highest BCUT2D eigenvalue weighted by Gasteiger charge is 2.26. The first-order chi connectivity index (χ1) is 7.41. The van der Waals surface area contributed by atoms with E-state index in [9.17, 15) is 0 Å². The number of hydrogen-bond donors (Lipinski definition) is 2. The molecule has 1 heterocycles. The molecule has 0 unspecified atom stereocenters. The Labute approximate surface area is 109 Å². The Hall–Kier alpha value is -0.990. The molecule has 0 amide bonds. The average molecular weight is 253 g/mol. The maximum Gasteiger partial charge on any atom is 0.0459 e. The topological polar surface area (TPSA) is 41.8 Å². The van der Waals surface area contributed by atoms with Gasteiger partial charge in [0.2, 0.25) is 0 Å². The van der Waals surface area contributed by atoms with Gasteiger partial charge in [-0.2, -0.15) is 0 Å². The van der Waals surface area contributed by atoms with E-state index in [4.69, 9.17) is 5.73 Å². The monoisotopic (exact) mass is 252 g/mol. The molecule has 3 heteroatoms. The van der Waals surface area contributed by atoms with E-state index in [2.05, 4.69) is 50.9 Å². The number of aryl methyl sites for hydroxylation is 1. The normalized spacial score (nSPS) is 13.5. The van der Waals surface area contributed by atoms with Gasteiger partial charge >= 0.3 is 0 Å². The molecule has 0 aliphatic rings. The molecule has 0 aliphatic carbocycles. The standard InChI is InChI=1S/C14H20N2.ClH/c1-9-12(13(15)14(2,3)4)10-7-5-6-8-11(10)16-9;/h5-8,13,16H,15H2,1-4H3;1H/t13-;/m1./s1. The lowest BCUT2D eigenvalue weighted by Crippen LogP contribution is -2.26. The molecule has 0 fully saturated rings. The molecule has 0 bridgehead atoms. The van der Waals surface area contributed by atoms with E-state index in [0.29, 0.717) is 0 Å². The van der Waals surface area contributed by atoms with E-state index in [-0.39, 0.29) is 23.9 Å². The van der Waals surface area contributed by atoms with Gasteiger partial charge in [-0.3, -0.25) is 0 Å². The van der Waals surface area contributed by atoms with Gasteiger partial charge in [0.1, 0.15) is 0 Å². The van der Waals surface area contributed by atoms with E-state index < -0.39 is 0 Å². The number of nitrogens with two attached hydrogens (primary N) is 1. The summed E-state index contributed by atoms with van der Waals surface area (Å²) >= 11 is 0.